The Labute approximate surface area is 75.7 Å². The van der Waals surface area contributed by atoms with Crippen LogP contribution in [0.2, 0.25) is 0 Å². The molecule has 0 bridgehead atoms. The summed E-state index contributed by atoms with van der Waals surface area (Å²) in [4.78, 5) is 0. The van der Waals surface area contributed by atoms with Crippen LogP contribution in [0.15, 0.2) is 0 Å². The van der Waals surface area contributed by atoms with E-state index in [1.165, 1.54) is 0 Å². The summed E-state index contributed by atoms with van der Waals surface area (Å²) in [5.41, 5.74) is 0. The Morgan fingerprint density at radius 1 is 1.42 bits per heavy atom. The second-order valence-corrected chi connectivity index (χ2v) is 3.46. The molecule has 1 nitrogen and oxygen atoms in total. The van der Waals surface area contributed by atoms with Crippen molar-refractivity contribution in [3.05, 3.63) is 0 Å². The highest BCUT2D eigenvalue weighted by Crippen LogP contribution is 2.44. The van der Waals surface area contributed by atoms with Crippen molar-refractivity contribution < 1.29 is 10.5 Å². The van der Waals surface area contributed by atoms with Gasteiger partial charge in [0.25, 0.3) is 0 Å². The lowest BCUT2D eigenvalue weighted by Crippen LogP contribution is -2.07. The third kappa shape index (κ3) is 2.44. The van der Waals surface area contributed by atoms with Crippen molar-refractivity contribution in [2.75, 3.05) is 0 Å². The zero-order valence-corrected chi connectivity index (χ0v) is 8.03. The maximum Gasteiger partial charge on any atom is 0.236 e. The van der Waals surface area contributed by atoms with Gasteiger partial charge in [0.15, 0.2) is 0 Å². The maximum absolute atomic E-state index is 13.6. The van der Waals surface area contributed by atoms with Gasteiger partial charge in [-0.25, -0.2) is 4.39 Å². The lowest BCUT2D eigenvalue weighted by molar-refractivity contribution is 0.127. The number of ether oxygens (including phenoxy) is 1. The standard InChI is InChI=1S/C10H19FO/c1-3-5-7-9-10(11,12-9)8-6-4-2/h9H,3-8H2,1-2H3/t9-,10+/m1/s1/i9D. The van der Waals surface area contributed by atoms with Crippen molar-refractivity contribution in [3.63, 3.8) is 0 Å². The molecule has 1 saturated heterocycles. The molecule has 72 valence electrons. The van der Waals surface area contributed by atoms with Crippen LogP contribution >= 0.6 is 0 Å². The van der Waals surface area contributed by atoms with E-state index in [0.29, 0.717) is 12.8 Å². The van der Waals surface area contributed by atoms with E-state index in [1.807, 2.05) is 13.8 Å². The van der Waals surface area contributed by atoms with Crippen molar-refractivity contribution in [1.29, 1.82) is 0 Å². The number of hydrogen-bond acceptors (Lipinski definition) is 1. The van der Waals surface area contributed by atoms with Gasteiger partial charge in [0.1, 0.15) is 6.08 Å². The molecule has 1 heterocycles. The summed E-state index contributed by atoms with van der Waals surface area (Å²) in [6.45, 7) is 4.06. The quantitative estimate of drug-likeness (QED) is 0.563. The molecule has 0 aromatic heterocycles. The first-order chi connectivity index (χ1) is 6.08. The average Bonchev–Trinajstić information content (AvgIpc) is 2.64. The minimum absolute atomic E-state index is 0.386. The van der Waals surface area contributed by atoms with Crippen molar-refractivity contribution in [2.24, 2.45) is 0 Å². The van der Waals surface area contributed by atoms with E-state index in [4.69, 9.17) is 6.11 Å². The molecule has 1 fully saturated rings. The Morgan fingerprint density at radius 2 is 2.08 bits per heavy atom. The SMILES string of the molecule is [2H][C@]1(CCCC)O[C@@]1(F)CCCC. The summed E-state index contributed by atoms with van der Waals surface area (Å²) in [7, 11) is 0. The number of unbranched alkanes of at least 4 members (excludes halogenated alkanes) is 2. The second-order valence-electron chi connectivity index (χ2n) is 3.46. The summed E-state index contributed by atoms with van der Waals surface area (Å²) < 4.78 is 26.2. The fourth-order valence-electron chi connectivity index (χ4n) is 1.34. The first kappa shape index (κ1) is 8.49. The van der Waals surface area contributed by atoms with Gasteiger partial charge in [-0.15, -0.1) is 0 Å². The third-order valence-electron chi connectivity index (χ3n) is 2.27. The van der Waals surface area contributed by atoms with E-state index in [1.54, 1.807) is 0 Å². The Hall–Kier alpha value is -0.110. The zero-order chi connectivity index (χ0) is 9.95. The Kier molecular flexibility index (Phi) is 2.98. The van der Waals surface area contributed by atoms with Crippen LogP contribution in [0.3, 0.4) is 0 Å². The van der Waals surface area contributed by atoms with Gasteiger partial charge in [-0.2, -0.15) is 0 Å². The summed E-state index contributed by atoms with van der Waals surface area (Å²) in [5, 5.41) is 0. The second kappa shape index (κ2) is 4.22. The van der Waals surface area contributed by atoms with Gasteiger partial charge in [-0.1, -0.05) is 33.1 Å². The lowest BCUT2D eigenvalue weighted by atomic mass is 10.1. The molecule has 1 aliphatic rings. The molecule has 1 rings (SSSR count). The van der Waals surface area contributed by atoms with Gasteiger partial charge in [-0.05, 0) is 12.8 Å². The predicted molar refractivity (Wildman–Crippen MR) is 47.8 cm³/mol. The topological polar surface area (TPSA) is 12.5 Å². The summed E-state index contributed by atoms with van der Waals surface area (Å²) >= 11 is 0. The fourth-order valence-corrected chi connectivity index (χ4v) is 1.34. The molecule has 0 aromatic carbocycles. The van der Waals surface area contributed by atoms with Crippen LogP contribution in [0.1, 0.15) is 53.7 Å². The van der Waals surface area contributed by atoms with Gasteiger partial charge in [0.2, 0.25) is 5.85 Å². The van der Waals surface area contributed by atoms with E-state index < -0.39 is 11.9 Å². The van der Waals surface area contributed by atoms with Crippen LogP contribution < -0.4 is 0 Å². The highest BCUT2D eigenvalue weighted by molar-refractivity contribution is 4.92. The monoisotopic (exact) mass is 175 g/mol. The van der Waals surface area contributed by atoms with Gasteiger partial charge >= 0.3 is 0 Å². The summed E-state index contributed by atoms with van der Waals surface area (Å²) in [5.74, 6) is -1.63. The van der Waals surface area contributed by atoms with Gasteiger partial charge in [0.05, 0.1) is 1.37 Å². The van der Waals surface area contributed by atoms with Gasteiger partial charge in [-0.3, -0.25) is 0 Å². The number of epoxide rings is 1. The molecule has 0 saturated carbocycles. The molecule has 0 amide bonds. The summed E-state index contributed by atoms with van der Waals surface area (Å²) in [6.07, 6.45) is 3.34. The molecule has 2 atom stereocenters. The number of rotatable bonds is 6. The molecule has 0 N–H and O–H groups in total. The molecular formula is C10H19FO. The first-order valence-electron chi connectivity index (χ1n) is 5.47. The fraction of sp³-hybridized carbons (Fsp3) is 1.00. The highest BCUT2D eigenvalue weighted by Gasteiger charge is 2.56. The zero-order valence-electron chi connectivity index (χ0n) is 9.03. The third-order valence-corrected chi connectivity index (χ3v) is 2.27. The van der Waals surface area contributed by atoms with E-state index >= 15 is 0 Å². The predicted octanol–water partition coefficient (Wildman–Crippen LogP) is 3.43. The maximum atomic E-state index is 13.6. The largest absolute Gasteiger partial charge is 0.334 e. The molecule has 0 aromatic rings. The van der Waals surface area contributed by atoms with Crippen LogP contribution in [-0.4, -0.2) is 11.9 Å². The Bertz CT molecular complexity index is 158. The minimum atomic E-state index is -1.63. The van der Waals surface area contributed by atoms with Crippen LogP contribution in [0.4, 0.5) is 4.39 Å². The van der Waals surface area contributed by atoms with Crippen molar-refractivity contribution in [1.82, 2.24) is 0 Å². The average molecular weight is 175 g/mol. The van der Waals surface area contributed by atoms with Crippen molar-refractivity contribution in [3.8, 4) is 0 Å². The number of alkyl halides is 1. The van der Waals surface area contributed by atoms with Crippen LogP contribution in [0.25, 0.3) is 0 Å². The Balaban J connectivity index is 2.30. The lowest BCUT2D eigenvalue weighted by Gasteiger charge is -2.00. The molecule has 0 aliphatic carbocycles. The minimum Gasteiger partial charge on any atom is -0.334 e. The molecule has 1 aliphatic heterocycles. The van der Waals surface area contributed by atoms with Crippen molar-refractivity contribution >= 4 is 0 Å². The normalized spacial score (nSPS) is 41.1. The van der Waals surface area contributed by atoms with E-state index in [9.17, 15) is 4.39 Å². The highest BCUT2D eigenvalue weighted by atomic mass is 19.2. The number of hydrogen-bond donors (Lipinski definition) is 0. The Morgan fingerprint density at radius 3 is 2.67 bits per heavy atom. The first-order valence-corrected chi connectivity index (χ1v) is 4.97. The summed E-state index contributed by atoms with van der Waals surface area (Å²) in [6, 6.07) is 0. The smallest absolute Gasteiger partial charge is 0.236 e. The van der Waals surface area contributed by atoms with E-state index in [-0.39, 0.29) is 0 Å². The molecule has 0 spiro atoms. The molecule has 2 heteroatoms. The van der Waals surface area contributed by atoms with Gasteiger partial charge < -0.3 is 4.74 Å². The molecular weight excluding hydrogens is 155 g/mol. The van der Waals surface area contributed by atoms with Crippen LogP contribution in [-0.2, 0) is 4.74 Å². The van der Waals surface area contributed by atoms with Crippen LogP contribution in [0.5, 0.6) is 0 Å². The van der Waals surface area contributed by atoms with Crippen LogP contribution in [0, 0.1) is 0 Å². The van der Waals surface area contributed by atoms with Gasteiger partial charge in [0, 0.05) is 6.42 Å². The molecule has 12 heavy (non-hydrogen) atoms. The van der Waals surface area contributed by atoms with E-state index in [0.717, 1.165) is 25.7 Å². The molecule has 0 radical (unpaired) electrons. The molecule has 0 unspecified atom stereocenters. The number of halogens is 1. The van der Waals surface area contributed by atoms with E-state index in [2.05, 4.69) is 0 Å². The van der Waals surface area contributed by atoms with Crippen molar-refractivity contribution in [2.45, 2.75) is 64.3 Å².